The maximum Gasteiger partial charge on any atom is 0.357 e. The Labute approximate surface area is 73.8 Å². The van der Waals surface area contributed by atoms with Crippen LogP contribution in [-0.4, -0.2) is 35.1 Å². The average Bonchev–Trinajstić information content (AvgIpc) is 2.03. The van der Waals surface area contributed by atoms with Gasteiger partial charge in [-0.05, 0) is 0 Å². The molecule has 1 rings (SSSR count). The van der Waals surface area contributed by atoms with E-state index in [0.717, 1.165) is 6.33 Å². The fourth-order valence-corrected chi connectivity index (χ4v) is 0.821. The Balaban J connectivity index is 3.26. The molecule has 1 heterocycles. The summed E-state index contributed by atoms with van der Waals surface area (Å²) < 4.78 is 13.2. The maximum absolute atomic E-state index is 13.2. The third-order valence-corrected chi connectivity index (χ3v) is 1.40. The third kappa shape index (κ3) is 1.71. The van der Waals surface area contributed by atoms with Gasteiger partial charge >= 0.3 is 5.97 Å². The highest BCUT2D eigenvalue weighted by Gasteiger charge is 2.17. The zero-order valence-corrected chi connectivity index (χ0v) is 7.15. The smallest absolute Gasteiger partial charge is 0.357 e. The minimum absolute atomic E-state index is 0.0348. The summed E-state index contributed by atoms with van der Waals surface area (Å²) in [4.78, 5) is 18.7. The van der Waals surface area contributed by atoms with Crippen molar-refractivity contribution in [1.82, 2.24) is 9.97 Å². The standard InChI is InChI=1S/C7H8FN3O2/c1-11(2)6-4(8)5(7(12)13)9-3-10-6/h3H,1-2H3,(H,12,13). The molecule has 0 saturated heterocycles. The lowest BCUT2D eigenvalue weighted by Gasteiger charge is -2.11. The number of halogens is 1. The van der Waals surface area contributed by atoms with Gasteiger partial charge in [0.2, 0.25) is 0 Å². The van der Waals surface area contributed by atoms with Crippen LogP contribution in [0.4, 0.5) is 10.2 Å². The Morgan fingerprint density at radius 1 is 1.54 bits per heavy atom. The van der Waals surface area contributed by atoms with E-state index in [2.05, 4.69) is 9.97 Å². The van der Waals surface area contributed by atoms with Crippen molar-refractivity contribution in [3.05, 3.63) is 17.8 Å². The number of carbonyl (C=O) groups is 1. The number of hydrogen-bond donors (Lipinski definition) is 1. The first kappa shape index (κ1) is 9.37. The van der Waals surface area contributed by atoms with E-state index in [1.54, 1.807) is 14.1 Å². The van der Waals surface area contributed by atoms with Crippen molar-refractivity contribution in [2.24, 2.45) is 0 Å². The van der Waals surface area contributed by atoms with Crippen LogP contribution in [0.25, 0.3) is 0 Å². The fraction of sp³-hybridized carbons (Fsp3) is 0.286. The lowest BCUT2D eigenvalue weighted by molar-refractivity contribution is 0.0684. The minimum Gasteiger partial charge on any atom is -0.476 e. The molecule has 0 aliphatic rings. The highest BCUT2D eigenvalue weighted by Crippen LogP contribution is 2.14. The van der Waals surface area contributed by atoms with Gasteiger partial charge in [-0.3, -0.25) is 0 Å². The van der Waals surface area contributed by atoms with E-state index in [9.17, 15) is 9.18 Å². The molecule has 0 saturated carbocycles. The number of carboxylic acids is 1. The summed E-state index contributed by atoms with van der Waals surface area (Å²) in [6, 6.07) is 0. The van der Waals surface area contributed by atoms with Gasteiger partial charge in [-0.1, -0.05) is 0 Å². The van der Waals surface area contributed by atoms with Crippen molar-refractivity contribution in [2.45, 2.75) is 0 Å². The molecular formula is C7H8FN3O2. The third-order valence-electron chi connectivity index (χ3n) is 1.40. The predicted octanol–water partition coefficient (Wildman–Crippen LogP) is 0.380. The quantitative estimate of drug-likeness (QED) is 0.721. The second-order valence-electron chi connectivity index (χ2n) is 2.56. The molecule has 0 aromatic carbocycles. The van der Waals surface area contributed by atoms with Crippen LogP contribution in [-0.2, 0) is 0 Å². The van der Waals surface area contributed by atoms with Crippen molar-refractivity contribution in [1.29, 1.82) is 0 Å². The van der Waals surface area contributed by atoms with Crippen LogP contribution < -0.4 is 4.90 Å². The second kappa shape index (κ2) is 3.34. The van der Waals surface area contributed by atoms with Crippen molar-refractivity contribution in [2.75, 3.05) is 19.0 Å². The topological polar surface area (TPSA) is 66.3 Å². The van der Waals surface area contributed by atoms with Gasteiger partial charge in [-0.15, -0.1) is 0 Å². The maximum atomic E-state index is 13.2. The summed E-state index contributed by atoms with van der Waals surface area (Å²) in [5.41, 5.74) is -0.612. The van der Waals surface area contributed by atoms with Gasteiger partial charge in [-0.25, -0.2) is 19.2 Å². The molecule has 0 fully saturated rings. The molecule has 13 heavy (non-hydrogen) atoms. The number of aromatic carboxylic acids is 1. The zero-order chi connectivity index (χ0) is 10.0. The SMILES string of the molecule is CN(C)c1ncnc(C(=O)O)c1F. The van der Waals surface area contributed by atoms with E-state index in [-0.39, 0.29) is 5.82 Å². The summed E-state index contributed by atoms with van der Waals surface area (Å²) in [5, 5.41) is 8.52. The van der Waals surface area contributed by atoms with Gasteiger partial charge < -0.3 is 10.0 Å². The summed E-state index contributed by atoms with van der Waals surface area (Å²) in [5.74, 6) is -2.35. The van der Waals surface area contributed by atoms with E-state index in [0.29, 0.717) is 0 Å². The molecule has 0 spiro atoms. The van der Waals surface area contributed by atoms with Crippen LogP contribution in [0.15, 0.2) is 6.33 Å². The Bertz CT molecular complexity index is 341. The van der Waals surface area contributed by atoms with E-state index in [4.69, 9.17) is 5.11 Å². The number of anilines is 1. The lowest BCUT2D eigenvalue weighted by atomic mass is 10.3. The molecule has 0 unspecified atom stereocenters. The van der Waals surface area contributed by atoms with Crippen LogP contribution in [0.1, 0.15) is 10.5 Å². The minimum atomic E-state index is -1.40. The molecule has 0 aliphatic carbocycles. The summed E-state index contributed by atoms with van der Waals surface area (Å²) in [6.07, 6.45) is 1.02. The summed E-state index contributed by atoms with van der Waals surface area (Å²) >= 11 is 0. The molecule has 0 aliphatic heterocycles. The average molecular weight is 185 g/mol. The van der Waals surface area contributed by atoms with Crippen molar-refractivity contribution in [3.63, 3.8) is 0 Å². The molecule has 0 atom stereocenters. The number of rotatable bonds is 2. The zero-order valence-electron chi connectivity index (χ0n) is 7.15. The van der Waals surface area contributed by atoms with Crippen LogP contribution in [0.2, 0.25) is 0 Å². The van der Waals surface area contributed by atoms with Crippen molar-refractivity contribution < 1.29 is 14.3 Å². The van der Waals surface area contributed by atoms with Crippen LogP contribution in [0.3, 0.4) is 0 Å². The molecule has 6 heteroatoms. The molecule has 5 nitrogen and oxygen atoms in total. The van der Waals surface area contributed by atoms with Gasteiger partial charge in [0, 0.05) is 14.1 Å². The summed E-state index contributed by atoms with van der Waals surface area (Å²) in [7, 11) is 3.13. The Kier molecular flexibility index (Phi) is 2.41. The molecule has 0 radical (unpaired) electrons. The Morgan fingerprint density at radius 3 is 2.62 bits per heavy atom. The number of aromatic nitrogens is 2. The highest BCUT2D eigenvalue weighted by atomic mass is 19.1. The Morgan fingerprint density at radius 2 is 2.15 bits per heavy atom. The van der Waals surface area contributed by atoms with Gasteiger partial charge in [0.25, 0.3) is 0 Å². The molecule has 70 valence electrons. The number of hydrogen-bond acceptors (Lipinski definition) is 4. The van der Waals surface area contributed by atoms with Crippen molar-refractivity contribution >= 4 is 11.8 Å². The van der Waals surface area contributed by atoms with Crippen molar-refractivity contribution in [3.8, 4) is 0 Å². The molecule has 0 amide bonds. The number of nitrogens with zero attached hydrogens (tertiary/aromatic N) is 3. The number of carboxylic acid groups (broad SMARTS) is 1. The van der Waals surface area contributed by atoms with E-state index < -0.39 is 17.5 Å². The molecular weight excluding hydrogens is 177 g/mol. The lowest BCUT2D eigenvalue weighted by Crippen LogP contribution is -2.16. The van der Waals surface area contributed by atoms with Crippen LogP contribution in [0.5, 0.6) is 0 Å². The molecule has 1 N–H and O–H groups in total. The largest absolute Gasteiger partial charge is 0.476 e. The van der Waals surface area contributed by atoms with E-state index in [1.165, 1.54) is 4.90 Å². The predicted molar refractivity (Wildman–Crippen MR) is 43.3 cm³/mol. The first-order chi connectivity index (χ1) is 6.04. The van der Waals surface area contributed by atoms with Crippen LogP contribution >= 0.6 is 0 Å². The molecule has 0 bridgehead atoms. The monoisotopic (exact) mass is 185 g/mol. The van der Waals surface area contributed by atoms with Crippen LogP contribution in [0, 0.1) is 5.82 Å². The first-order valence-electron chi connectivity index (χ1n) is 3.45. The van der Waals surface area contributed by atoms with Gasteiger partial charge in [0.15, 0.2) is 17.3 Å². The second-order valence-corrected chi connectivity index (χ2v) is 2.56. The normalized spacial score (nSPS) is 9.77. The molecule has 1 aromatic heterocycles. The van der Waals surface area contributed by atoms with Gasteiger partial charge in [0.1, 0.15) is 6.33 Å². The van der Waals surface area contributed by atoms with E-state index >= 15 is 0 Å². The van der Waals surface area contributed by atoms with Gasteiger partial charge in [-0.2, -0.15) is 0 Å². The highest BCUT2D eigenvalue weighted by molar-refractivity contribution is 5.86. The fourth-order valence-electron chi connectivity index (χ4n) is 0.821. The Hall–Kier alpha value is -1.72. The van der Waals surface area contributed by atoms with Gasteiger partial charge in [0.05, 0.1) is 0 Å². The van der Waals surface area contributed by atoms with E-state index in [1.807, 2.05) is 0 Å². The first-order valence-corrected chi connectivity index (χ1v) is 3.45. The molecule has 1 aromatic rings. The summed E-state index contributed by atoms with van der Waals surface area (Å²) in [6.45, 7) is 0.